The van der Waals surface area contributed by atoms with Crippen molar-refractivity contribution in [1.29, 1.82) is 0 Å². The molecule has 1 N–H and O–H groups in total. The second kappa shape index (κ2) is 6.54. The van der Waals surface area contributed by atoms with Crippen LogP contribution in [-0.2, 0) is 12.8 Å². The molecular weight excluding hydrogens is 312 g/mol. The van der Waals surface area contributed by atoms with Crippen molar-refractivity contribution in [3.05, 3.63) is 47.3 Å². The fourth-order valence-electron chi connectivity index (χ4n) is 4.41. The number of nitrogens with one attached hydrogen (secondary N) is 1. The van der Waals surface area contributed by atoms with E-state index in [1.165, 1.54) is 17.8 Å². The van der Waals surface area contributed by atoms with Crippen molar-refractivity contribution in [2.75, 3.05) is 18.0 Å². The number of aromatic amines is 1. The van der Waals surface area contributed by atoms with Gasteiger partial charge in [0, 0.05) is 42.1 Å². The molecule has 2 unspecified atom stereocenters. The van der Waals surface area contributed by atoms with Gasteiger partial charge in [-0.3, -0.25) is 9.89 Å². The average molecular weight is 338 g/mol. The first-order valence-electron chi connectivity index (χ1n) is 9.34. The summed E-state index contributed by atoms with van der Waals surface area (Å²) in [7, 11) is 0. The normalized spacial score (nSPS) is 23.4. The number of H-pyrrole nitrogens is 1. The zero-order valence-corrected chi connectivity index (χ0v) is 15.0. The number of carbonyl (C=O) groups excluding carboxylic acids is 1. The predicted octanol–water partition coefficient (Wildman–Crippen LogP) is 3.03. The van der Waals surface area contributed by atoms with Crippen molar-refractivity contribution in [2.45, 2.75) is 51.6 Å². The van der Waals surface area contributed by atoms with Gasteiger partial charge >= 0.3 is 0 Å². The Balaban J connectivity index is 1.53. The molecule has 2 aromatic rings. The van der Waals surface area contributed by atoms with E-state index in [4.69, 9.17) is 0 Å². The Morgan fingerprint density at radius 3 is 2.48 bits per heavy atom. The number of hydrogen-bond acceptors (Lipinski definition) is 3. The van der Waals surface area contributed by atoms with Gasteiger partial charge in [0.25, 0.3) is 5.91 Å². The summed E-state index contributed by atoms with van der Waals surface area (Å²) in [5, 5.41) is 7.47. The van der Waals surface area contributed by atoms with E-state index in [0.29, 0.717) is 5.69 Å². The third kappa shape index (κ3) is 2.92. The molecule has 25 heavy (non-hydrogen) atoms. The number of para-hydroxylation sites is 1. The van der Waals surface area contributed by atoms with E-state index in [1.54, 1.807) is 0 Å². The van der Waals surface area contributed by atoms with E-state index >= 15 is 0 Å². The van der Waals surface area contributed by atoms with Crippen LogP contribution in [0.25, 0.3) is 0 Å². The second-order valence-electron chi connectivity index (χ2n) is 7.39. The van der Waals surface area contributed by atoms with Crippen molar-refractivity contribution in [3.8, 4) is 0 Å². The minimum Gasteiger partial charge on any atom is -0.363 e. The molecule has 1 aromatic carbocycles. The molecule has 132 valence electrons. The first-order valence-corrected chi connectivity index (χ1v) is 9.34. The Hall–Kier alpha value is -2.30. The predicted molar refractivity (Wildman–Crippen MR) is 99.0 cm³/mol. The van der Waals surface area contributed by atoms with Crippen molar-refractivity contribution < 1.29 is 4.79 Å². The first kappa shape index (κ1) is 16.2. The van der Waals surface area contributed by atoms with Crippen molar-refractivity contribution in [3.63, 3.8) is 0 Å². The summed E-state index contributed by atoms with van der Waals surface area (Å²) in [5.74, 6) is 0.0887. The number of aryl methyl sites for hydroxylation is 1. The largest absolute Gasteiger partial charge is 0.363 e. The van der Waals surface area contributed by atoms with Crippen molar-refractivity contribution >= 4 is 11.6 Å². The number of fused-ring (bicyclic) bond motifs is 1. The van der Waals surface area contributed by atoms with E-state index in [2.05, 4.69) is 53.2 Å². The third-order valence-electron chi connectivity index (χ3n) is 5.52. The summed E-state index contributed by atoms with van der Waals surface area (Å²) in [4.78, 5) is 17.5. The van der Waals surface area contributed by atoms with Gasteiger partial charge in [0.15, 0.2) is 5.69 Å². The molecule has 2 atom stereocenters. The van der Waals surface area contributed by atoms with Crippen LogP contribution in [0.15, 0.2) is 30.3 Å². The fourth-order valence-corrected chi connectivity index (χ4v) is 4.41. The summed E-state index contributed by atoms with van der Waals surface area (Å²) in [5.41, 5.74) is 4.20. The zero-order chi connectivity index (χ0) is 17.4. The molecule has 2 aliphatic rings. The Morgan fingerprint density at radius 2 is 1.76 bits per heavy atom. The molecule has 1 saturated heterocycles. The number of benzene rings is 1. The quantitative estimate of drug-likeness (QED) is 0.916. The van der Waals surface area contributed by atoms with Crippen LogP contribution < -0.4 is 4.90 Å². The molecule has 1 aromatic heterocycles. The van der Waals surface area contributed by atoms with Gasteiger partial charge in [0.2, 0.25) is 0 Å². The SMILES string of the molecule is CC1CN(C(=O)c2n[nH]c3c2CCCC3)CC(C)N1c1ccccc1. The molecule has 1 amide bonds. The highest BCUT2D eigenvalue weighted by molar-refractivity contribution is 5.94. The molecule has 0 saturated carbocycles. The lowest BCUT2D eigenvalue weighted by molar-refractivity contribution is 0.0694. The smallest absolute Gasteiger partial charge is 0.274 e. The van der Waals surface area contributed by atoms with Crippen LogP contribution in [-0.4, -0.2) is 46.2 Å². The molecule has 1 aliphatic carbocycles. The summed E-state index contributed by atoms with van der Waals surface area (Å²) in [6.45, 7) is 5.87. The van der Waals surface area contributed by atoms with Gasteiger partial charge in [-0.2, -0.15) is 5.10 Å². The highest BCUT2D eigenvalue weighted by Crippen LogP contribution is 2.27. The molecule has 2 heterocycles. The topological polar surface area (TPSA) is 52.2 Å². The number of anilines is 1. The molecule has 1 fully saturated rings. The van der Waals surface area contributed by atoms with Crippen LogP contribution in [0.1, 0.15) is 48.4 Å². The Kier molecular flexibility index (Phi) is 4.24. The van der Waals surface area contributed by atoms with Crippen LogP contribution in [0.5, 0.6) is 0 Å². The van der Waals surface area contributed by atoms with E-state index in [9.17, 15) is 4.79 Å². The number of rotatable bonds is 2. The van der Waals surface area contributed by atoms with Gasteiger partial charge in [0.05, 0.1) is 0 Å². The van der Waals surface area contributed by atoms with Crippen LogP contribution >= 0.6 is 0 Å². The Bertz CT molecular complexity index is 742. The number of aromatic nitrogens is 2. The number of hydrogen-bond donors (Lipinski definition) is 1. The van der Waals surface area contributed by atoms with E-state index in [1.807, 2.05) is 11.0 Å². The summed E-state index contributed by atoms with van der Waals surface area (Å²) in [6, 6.07) is 11.0. The number of amides is 1. The number of nitrogens with zero attached hydrogens (tertiary/aromatic N) is 3. The van der Waals surface area contributed by atoms with Crippen molar-refractivity contribution in [2.24, 2.45) is 0 Å². The van der Waals surface area contributed by atoms with Gasteiger partial charge in [-0.15, -0.1) is 0 Å². The Morgan fingerprint density at radius 1 is 1.08 bits per heavy atom. The third-order valence-corrected chi connectivity index (χ3v) is 5.52. The van der Waals surface area contributed by atoms with Gasteiger partial charge in [-0.25, -0.2) is 0 Å². The van der Waals surface area contributed by atoms with E-state index in [-0.39, 0.29) is 18.0 Å². The lowest BCUT2D eigenvalue weighted by atomic mass is 9.95. The van der Waals surface area contributed by atoms with Gasteiger partial charge in [-0.1, -0.05) is 18.2 Å². The molecule has 5 nitrogen and oxygen atoms in total. The van der Waals surface area contributed by atoms with Gasteiger partial charge in [0.1, 0.15) is 0 Å². The van der Waals surface area contributed by atoms with Crippen LogP contribution in [0.4, 0.5) is 5.69 Å². The first-order chi connectivity index (χ1) is 12.1. The van der Waals surface area contributed by atoms with Gasteiger partial charge in [-0.05, 0) is 51.7 Å². The lowest BCUT2D eigenvalue weighted by Gasteiger charge is -2.45. The molecular formula is C20H26N4O. The monoisotopic (exact) mass is 338 g/mol. The van der Waals surface area contributed by atoms with Crippen LogP contribution in [0, 0.1) is 0 Å². The van der Waals surface area contributed by atoms with E-state index < -0.39 is 0 Å². The lowest BCUT2D eigenvalue weighted by Crippen LogP contribution is -2.58. The summed E-state index contributed by atoms with van der Waals surface area (Å²) in [6.07, 6.45) is 4.33. The number of carbonyl (C=O) groups is 1. The van der Waals surface area contributed by atoms with E-state index in [0.717, 1.165) is 37.9 Å². The standard InChI is InChI=1S/C20H26N4O/c1-14-12-23(13-15(2)24(14)16-8-4-3-5-9-16)20(25)19-17-10-6-7-11-18(17)21-22-19/h3-5,8-9,14-15H,6-7,10-13H2,1-2H3,(H,21,22). The maximum atomic E-state index is 13.1. The van der Waals surface area contributed by atoms with Crippen molar-refractivity contribution in [1.82, 2.24) is 15.1 Å². The van der Waals surface area contributed by atoms with Gasteiger partial charge < -0.3 is 9.80 Å². The molecule has 0 radical (unpaired) electrons. The molecule has 0 bridgehead atoms. The zero-order valence-electron chi connectivity index (χ0n) is 15.0. The molecule has 1 aliphatic heterocycles. The Labute approximate surface area is 149 Å². The highest BCUT2D eigenvalue weighted by Gasteiger charge is 2.34. The fraction of sp³-hybridized carbons (Fsp3) is 0.500. The minimum absolute atomic E-state index is 0.0887. The maximum Gasteiger partial charge on any atom is 0.274 e. The maximum absolute atomic E-state index is 13.1. The minimum atomic E-state index is 0.0887. The molecule has 5 heteroatoms. The highest BCUT2D eigenvalue weighted by atomic mass is 16.2. The summed E-state index contributed by atoms with van der Waals surface area (Å²) >= 11 is 0. The van der Waals surface area contributed by atoms with Crippen LogP contribution in [0.3, 0.4) is 0 Å². The number of piperazine rings is 1. The molecule has 4 rings (SSSR count). The summed E-state index contributed by atoms with van der Waals surface area (Å²) < 4.78 is 0. The van der Waals surface area contributed by atoms with Crippen LogP contribution in [0.2, 0.25) is 0 Å². The average Bonchev–Trinajstić information content (AvgIpc) is 3.05. The molecule has 0 spiro atoms. The second-order valence-corrected chi connectivity index (χ2v) is 7.39.